The Morgan fingerprint density at radius 2 is 1.41 bits per heavy atom. The molecule has 0 atom stereocenters. The van der Waals surface area contributed by atoms with Crippen molar-refractivity contribution in [2.45, 2.75) is 38.0 Å². The van der Waals surface area contributed by atoms with Crippen LogP contribution in [0.4, 0.5) is 0 Å². The van der Waals surface area contributed by atoms with Gasteiger partial charge in [0.15, 0.2) is 0 Å². The Kier molecular flexibility index (Phi) is 6.90. The lowest BCUT2D eigenvalue weighted by molar-refractivity contribution is -0.122. The van der Waals surface area contributed by atoms with Crippen LogP contribution >= 0.6 is 0 Å². The molecule has 4 aromatic rings. The van der Waals surface area contributed by atoms with Gasteiger partial charge in [-0.05, 0) is 36.1 Å². The van der Waals surface area contributed by atoms with Crippen molar-refractivity contribution in [2.24, 2.45) is 0 Å². The van der Waals surface area contributed by atoms with E-state index in [1.807, 2.05) is 36.7 Å². The molecule has 0 unspecified atom stereocenters. The van der Waals surface area contributed by atoms with Gasteiger partial charge in [-0.3, -0.25) is 9.59 Å². The predicted molar refractivity (Wildman–Crippen MR) is 129 cm³/mol. The maximum absolute atomic E-state index is 12.9. The number of fused-ring (bicyclic) bond motifs is 2. The van der Waals surface area contributed by atoms with Gasteiger partial charge in [0.1, 0.15) is 0 Å². The van der Waals surface area contributed by atoms with Crippen LogP contribution in [0, 0.1) is 0 Å². The van der Waals surface area contributed by atoms with E-state index >= 15 is 0 Å². The van der Waals surface area contributed by atoms with Gasteiger partial charge in [0.2, 0.25) is 11.8 Å². The molecule has 4 rings (SSSR count). The Hall–Kier alpha value is -3.54. The molecule has 166 valence electrons. The van der Waals surface area contributed by atoms with Crippen LogP contribution in [0.15, 0.2) is 60.9 Å². The summed E-state index contributed by atoms with van der Waals surface area (Å²) in [6, 6.07) is 16.4. The largest absolute Gasteiger partial charge is 0.361 e. The standard InChI is InChI=1S/C26H30N4O2/c1-27-25(31)13-3-2-8-14-28-26(32)15-20(21-16-29-23-11-6-4-9-18(21)23)22-17-30-24-12-7-5-10-19(22)24/h4-7,9-12,16-17,20,29-30H,2-3,8,13-15H2,1H3,(H,27,31)(H,28,32). The van der Waals surface area contributed by atoms with E-state index in [1.54, 1.807) is 7.05 Å². The van der Waals surface area contributed by atoms with E-state index in [-0.39, 0.29) is 17.7 Å². The monoisotopic (exact) mass is 430 g/mol. The number of rotatable bonds is 10. The first-order valence-electron chi connectivity index (χ1n) is 11.3. The third-order valence-electron chi connectivity index (χ3n) is 6.06. The fraction of sp³-hybridized carbons (Fsp3) is 0.308. The number of aromatic nitrogens is 2. The summed E-state index contributed by atoms with van der Waals surface area (Å²) in [5, 5.41) is 8.00. The Balaban J connectivity index is 1.48. The quantitative estimate of drug-likeness (QED) is 0.277. The number of hydrogen-bond donors (Lipinski definition) is 4. The average molecular weight is 431 g/mol. The third kappa shape index (κ3) is 4.85. The number of para-hydroxylation sites is 2. The summed E-state index contributed by atoms with van der Waals surface area (Å²) in [4.78, 5) is 30.9. The molecule has 0 radical (unpaired) electrons. The Morgan fingerprint density at radius 1 is 0.812 bits per heavy atom. The van der Waals surface area contributed by atoms with Crippen molar-refractivity contribution in [3.8, 4) is 0 Å². The number of aromatic amines is 2. The summed E-state index contributed by atoms with van der Waals surface area (Å²) in [5.74, 6) is 0.0433. The molecule has 2 amide bonds. The van der Waals surface area contributed by atoms with Crippen molar-refractivity contribution in [3.05, 3.63) is 72.1 Å². The first kappa shape index (κ1) is 21.7. The summed E-state index contributed by atoms with van der Waals surface area (Å²) in [7, 11) is 1.65. The van der Waals surface area contributed by atoms with Crippen molar-refractivity contribution in [1.29, 1.82) is 0 Å². The number of carbonyl (C=O) groups excluding carboxylic acids is 2. The minimum atomic E-state index is -0.0597. The van der Waals surface area contributed by atoms with Gasteiger partial charge in [0, 0.05) is 66.6 Å². The van der Waals surface area contributed by atoms with Crippen LogP contribution in [-0.4, -0.2) is 35.4 Å². The molecule has 4 N–H and O–H groups in total. The van der Waals surface area contributed by atoms with Gasteiger partial charge in [0.05, 0.1) is 0 Å². The topological polar surface area (TPSA) is 89.8 Å². The summed E-state index contributed by atoms with van der Waals surface area (Å²) in [6.45, 7) is 0.626. The first-order chi connectivity index (χ1) is 15.7. The van der Waals surface area contributed by atoms with Crippen molar-refractivity contribution in [1.82, 2.24) is 20.6 Å². The maximum atomic E-state index is 12.9. The van der Waals surface area contributed by atoms with Gasteiger partial charge in [0.25, 0.3) is 0 Å². The molecule has 2 aromatic carbocycles. The van der Waals surface area contributed by atoms with Gasteiger partial charge in [-0.1, -0.05) is 42.8 Å². The number of H-pyrrole nitrogens is 2. The van der Waals surface area contributed by atoms with Crippen LogP contribution in [0.2, 0.25) is 0 Å². The zero-order valence-corrected chi connectivity index (χ0v) is 18.4. The molecule has 0 spiro atoms. The number of benzene rings is 2. The highest BCUT2D eigenvalue weighted by atomic mass is 16.2. The molecule has 0 bridgehead atoms. The fourth-order valence-corrected chi connectivity index (χ4v) is 4.35. The molecular weight excluding hydrogens is 400 g/mol. The Morgan fingerprint density at radius 3 is 2.00 bits per heavy atom. The molecule has 0 aliphatic rings. The number of nitrogens with one attached hydrogen (secondary N) is 4. The van der Waals surface area contributed by atoms with Crippen molar-refractivity contribution in [2.75, 3.05) is 13.6 Å². The van der Waals surface area contributed by atoms with Crippen LogP contribution in [0.25, 0.3) is 21.8 Å². The molecule has 32 heavy (non-hydrogen) atoms. The molecule has 0 saturated heterocycles. The van der Waals surface area contributed by atoms with Gasteiger partial charge < -0.3 is 20.6 Å². The highest BCUT2D eigenvalue weighted by molar-refractivity contribution is 5.90. The first-order valence-corrected chi connectivity index (χ1v) is 11.3. The van der Waals surface area contributed by atoms with Gasteiger partial charge in [-0.25, -0.2) is 0 Å². The van der Waals surface area contributed by atoms with E-state index in [9.17, 15) is 9.59 Å². The minimum absolute atomic E-state index is 0.0388. The highest BCUT2D eigenvalue weighted by Crippen LogP contribution is 2.36. The van der Waals surface area contributed by atoms with E-state index in [4.69, 9.17) is 0 Å². The smallest absolute Gasteiger partial charge is 0.220 e. The Labute approximate surface area is 187 Å². The molecule has 0 aliphatic heterocycles. The zero-order chi connectivity index (χ0) is 22.3. The van der Waals surface area contributed by atoms with Crippen LogP contribution in [-0.2, 0) is 9.59 Å². The molecule has 0 aliphatic carbocycles. The maximum Gasteiger partial charge on any atom is 0.220 e. The van der Waals surface area contributed by atoms with E-state index in [1.165, 1.54) is 0 Å². The van der Waals surface area contributed by atoms with Gasteiger partial charge in [-0.15, -0.1) is 0 Å². The van der Waals surface area contributed by atoms with Crippen molar-refractivity contribution in [3.63, 3.8) is 0 Å². The summed E-state index contributed by atoms with van der Waals surface area (Å²) in [6.07, 6.45) is 7.60. The number of hydrogen-bond acceptors (Lipinski definition) is 2. The van der Waals surface area contributed by atoms with Crippen molar-refractivity contribution < 1.29 is 9.59 Å². The van der Waals surface area contributed by atoms with Gasteiger partial charge >= 0.3 is 0 Å². The number of carbonyl (C=O) groups is 2. The lowest BCUT2D eigenvalue weighted by atomic mass is 9.87. The Bertz CT molecular complexity index is 1130. The summed E-state index contributed by atoms with van der Waals surface area (Å²) < 4.78 is 0. The van der Waals surface area contributed by atoms with Crippen LogP contribution in [0.1, 0.15) is 49.1 Å². The summed E-state index contributed by atoms with van der Waals surface area (Å²) >= 11 is 0. The third-order valence-corrected chi connectivity index (χ3v) is 6.06. The second-order valence-electron chi connectivity index (χ2n) is 8.17. The van der Waals surface area contributed by atoms with Crippen molar-refractivity contribution >= 4 is 33.6 Å². The average Bonchev–Trinajstić information content (AvgIpc) is 3.44. The van der Waals surface area contributed by atoms with Gasteiger partial charge in [-0.2, -0.15) is 0 Å². The molecule has 2 heterocycles. The lowest BCUT2D eigenvalue weighted by Crippen LogP contribution is -2.26. The van der Waals surface area contributed by atoms with E-state index in [2.05, 4.69) is 44.9 Å². The molecule has 0 fully saturated rings. The van der Waals surface area contributed by atoms with E-state index in [0.29, 0.717) is 19.4 Å². The number of unbranched alkanes of at least 4 members (excludes halogenated alkanes) is 2. The summed E-state index contributed by atoms with van der Waals surface area (Å²) in [5.41, 5.74) is 4.41. The zero-order valence-electron chi connectivity index (χ0n) is 18.4. The fourth-order valence-electron chi connectivity index (χ4n) is 4.35. The molecule has 6 nitrogen and oxygen atoms in total. The highest BCUT2D eigenvalue weighted by Gasteiger charge is 2.23. The minimum Gasteiger partial charge on any atom is -0.361 e. The van der Waals surface area contributed by atoms with E-state index in [0.717, 1.165) is 52.2 Å². The molecule has 0 saturated carbocycles. The lowest BCUT2D eigenvalue weighted by Gasteiger charge is -2.16. The van der Waals surface area contributed by atoms with Crippen LogP contribution in [0.5, 0.6) is 0 Å². The molecule has 6 heteroatoms. The normalized spacial score (nSPS) is 11.3. The second-order valence-corrected chi connectivity index (χ2v) is 8.17. The number of amides is 2. The van der Waals surface area contributed by atoms with Crippen LogP contribution < -0.4 is 10.6 Å². The van der Waals surface area contributed by atoms with E-state index < -0.39 is 0 Å². The SMILES string of the molecule is CNC(=O)CCCCCNC(=O)CC(c1c[nH]c2ccccc12)c1c[nH]c2ccccc12. The molecular formula is C26H30N4O2. The van der Waals surface area contributed by atoms with Crippen LogP contribution in [0.3, 0.4) is 0 Å². The second kappa shape index (κ2) is 10.2. The molecule has 2 aromatic heterocycles. The predicted octanol–water partition coefficient (Wildman–Crippen LogP) is 4.59.